The predicted molar refractivity (Wildman–Crippen MR) is 296 cm³/mol. The van der Waals surface area contributed by atoms with E-state index in [0.29, 0.717) is 21.7 Å². The third-order valence-electron chi connectivity index (χ3n) is 12.2. The Morgan fingerprint density at radius 2 is 0.938 bits per heavy atom. The molecule has 1 aliphatic carbocycles. The molecule has 1 heterocycles. The summed E-state index contributed by atoms with van der Waals surface area (Å²) in [5.41, 5.74) is 3.69. The van der Waals surface area contributed by atoms with E-state index in [9.17, 15) is 0 Å². The first-order valence-corrected chi connectivity index (χ1v) is 27.9. The number of hydrogen-bond acceptors (Lipinski definition) is 3. The monoisotopic (exact) mass is 913 g/mol. The van der Waals surface area contributed by atoms with Crippen molar-refractivity contribution in [3.8, 4) is 0 Å². The minimum atomic E-state index is -2.35. The van der Waals surface area contributed by atoms with Crippen molar-refractivity contribution < 1.29 is 4.43 Å². The Morgan fingerprint density at radius 3 is 1.25 bits per heavy atom. The molecule has 4 heteroatoms. The molecule has 0 radical (unpaired) electrons. The fourth-order valence-electron chi connectivity index (χ4n) is 8.28. The van der Waals surface area contributed by atoms with Gasteiger partial charge in [0.15, 0.2) is 0 Å². The first-order valence-electron chi connectivity index (χ1n) is 26.0. The third kappa shape index (κ3) is 29.3. The third-order valence-corrected chi connectivity index (χ3v) is 17.3. The van der Waals surface area contributed by atoms with Crippen LogP contribution in [0.25, 0.3) is 0 Å². The lowest BCUT2D eigenvalue weighted by Gasteiger charge is -2.43. The summed E-state index contributed by atoms with van der Waals surface area (Å²) in [5.74, 6) is 1.07. The molecule has 3 aromatic rings. The number of rotatable bonds is 11. The van der Waals surface area contributed by atoms with E-state index in [-0.39, 0.29) is 10.5 Å². The number of hydrogen-bond donors (Lipinski definition) is 0. The van der Waals surface area contributed by atoms with Crippen LogP contribution in [0.1, 0.15) is 194 Å². The lowest BCUT2D eigenvalue weighted by molar-refractivity contribution is 0.196. The Bertz CT molecular complexity index is 1560. The van der Waals surface area contributed by atoms with Crippen LogP contribution < -0.4 is 10.4 Å². The normalized spacial score (nSPS) is 15.5. The van der Waals surface area contributed by atoms with Gasteiger partial charge in [-0.1, -0.05) is 241 Å². The summed E-state index contributed by atoms with van der Waals surface area (Å²) in [6.07, 6.45) is 15.1. The molecule has 372 valence electrons. The highest BCUT2D eigenvalue weighted by molar-refractivity contribution is 6.99. The SMILES string of the molecule is CC(C)(C)CC1CCC1.CC(C)(C)CCN1CCCCC1.CC(C)(C)CCO[Si](c1ccccc1)(c1ccccc1)C(C)(C)C.CC(C)(C)Cc1ccccc1.CN(C)CCC(C)(C)C. The molecular formula is C61H108N2OSi. The van der Waals surface area contributed by atoms with Gasteiger partial charge in [0.25, 0.3) is 8.32 Å². The summed E-state index contributed by atoms with van der Waals surface area (Å²) in [6, 6.07) is 32.4. The smallest absolute Gasteiger partial charge is 0.261 e. The fraction of sp³-hybridized carbons (Fsp3) is 0.705. The number of nitrogens with zero attached hydrogens (tertiary/aromatic N) is 2. The maximum Gasteiger partial charge on any atom is 0.261 e. The van der Waals surface area contributed by atoms with Gasteiger partial charge in [-0.25, -0.2) is 0 Å². The number of likely N-dealkylation sites (tertiary alicyclic amines) is 1. The van der Waals surface area contributed by atoms with Crippen molar-refractivity contribution in [3.63, 3.8) is 0 Å². The van der Waals surface area contributed by atoms with Gasteiger partial charge in [-0.15, -0.1) is 0 Å². The van der Waals surface area contributed by atoms with Crippen LogP contribution in [0.15, 0.2) is 91.0 Å². The largest absolute Gasteiger partial charge is 0.407 e. The molecule has 0 aromatic heterocycles. The maximum absolute atomic E-state index is 6.88. The van der Waals surface area contributed by atoms with E-state index >= 15 is 0 Å². The van der Waals surface area contributed by atoms with E-state index in [1.807, 2.05) is 0 Å². The van der Waals surface area contributed by atoms with Gasteiger partial charge >= 0.3 is 0 Å². The van der Waals surface area contributed by atoms with Crippen molar-refractivity contribution in [2.75, 3.05) is 46.9 Å². The van der Waals surface area contributed by atoms with E-state index in [1.54, 1.807) is 0 Å². The van der Waals surface area contributed by atoms with Gasteiger partial charge in [0.05, 0.1) is 0 Å². The fourth-order valence-corrected chi connectivity index (χ4v) is 12.8. The van der Waals surface area contributed by atoms with Crippen molar-refractivity contribution >= 4 is 18.7 Å². The van der Waals surface area contributed by atoms with Crippen LogP contribution in [0.2, 0.25) is 5.04 Å². The standard InChI is InChI=1S/C22H32OSi.C11H23N.C11H16.C9H18.C8H19N/c1-21(2,3)17-18-23-24(22(4,5)6,19-13-9-7-10-14-19)20-15-11-8-12-16-20;1-11(2,3)7-10-12-8-5-4-6-9-12;1-11(2,3)9-10-7-5-4-6-8-10;1-9(2,3)7-8-5-4-6-8;1-8(2,3)6-7-9(4)5/h7-16H,17-18H2,1-6H3;4-10H2,1-3H3;4-8H,9H2,1-3H3;8H,4-7H2,1-3H3;6-7H2,1-5H3. The van der Waals surface area contributed by atoms with Crippen LogP contribution in [0.3, 0.4) is 0 Å². The summed E-state index contributed by atoms with van der Waals surface area (Å²) >= 11 is 0. The van der Waals surface area contributed by atoms with Crippen molar-refractivity contribution in [1.82, 2.24) is 9.80 Å². The molecule has 1 aliphatic heterocycles. The van der Waals surface area contributed by atoms with Crippen LogP contribution >= 0.6 is 0 Å². The number of piperidine rings is 1. The molecule has 2 aliphatic rings. The molecule has 0 spiro atoms. The van der Waals surface area contributed by atoms with Gasteiger partial charge in [0.2, 0.25) is 0 Å². The second-order valence-corrected chi connectivity index (χ2v) is 31.2. The summed E-state index contributed by atoms with van der Waals surface area (Å²) < 4.78 is 6.88. The van der Waals surface area contributed by atoms with E-state index in [1.165, 1.54) is 99.9 Å². The summed E-state index contributed by atoms with van der Waals surface area (Å²) in [5, 5.41) is 2.78. The number of benzene rings is 3. The van der Waals surface area contributed by atoms with Crippen LogP contribution in [0.4, 0.5) is 0 Å². The zero-order valence-electron chi connectivity index (χ0n) is 46.9. The van der Waals surface area contributed by atoms with Crippen molar-refractivity contribution in [2.24, 2.45) is 33.0 Å². The van der Waals surface area contributed by atoms with Crippen LogP contribution in [0.5, 0.6) is 0 Å². The topological polar surface area (TPSA) is 15.7 Å². The first-order chi connectivity index (χ1) is 29.8. The molecule has 0 N–H and O–H groups in total. The molecule has 65 heavy (non-hydrogen) atoms. The van der Waals surface area contributed by atoms with E-state index in [0.717, 1.165) is 25.4 Å². The summed E-state index contributed by atoms with van der Waals surface area (Å²) in [6.45, 7) is 47.4. The van der Waals surface area contributed by atoms with Crippen LogP contribution in [0, 0.1) is 33.0 Å². The molecular weight excluding hydrogens is 805 g/mol. The van der Waals surface area contributed by atoms with E-state index in [4.69, 9.17) is 4.43 Å². The van der Waals surface area contributed by atoms with Gasteiger partial charge in [-0.2, -0.15) is 0 Å². The molecule has 5 rings (SSSR count). The van der Waals surface area contributed by atoms with Gasteiger partial charge in [0, 0.05) is 6.61 Å². The minimum absolute atomic E-state index is 0.0631. The highest BCUT2D eigenvalue weighted by Crippen LogP contribution is 2.38. The summed E-state index contributed by atoms with van der Waals surface area (Å²) in [7, 11) is 1.88. The van der Waals surface area contributed by atoms with Gasteiger partial charge in [-0.3, -0.25) is 0 Å². The summed E-state index contributed by atoms with van der Waals surface area (Å²) in [4.78, 5) is 4.85. The highest BCUT2D eigenvalue weighted by atomic mass is 28.4. The molecule has 0 atom stereocenters. The zero-order chi connectivity index (χ0) is 49.6. The molecule has 0 amide bonds. The Hall–Kier alpha value is -2.24. The zero-order valence-corrected chi connectivity index (χ0v) is 47.9. The van der Waals surface area contributed by atoms with Crippen LogP contribution in [-0.4, -0.2) is 65.0 Å². The Morgan fingerprint density at radius 1 is 0.508 bits per heavy atom. The molecule has 0 bridgehead atoms. The molecule has 3 aromatic carbocycles. The first kappa shape index (κ1) is 60.8. The lowest BCUT2D eigenvalue weighted by atomic mass is 9.74. The van der Waals surface area contributed by atoms with Gasteiger partial charge in [-0.05, 0) is 139 Å². The average molecular weight is 914 g/mol. The molecule has 0 unspecified atom stereocenters. The Labute approximate surface area is 407 Å². The Balaban J connectivity index is 0.000000437. The second kappa shape index (κ2) is 28.3. The predicted octanol–water partition coefficient (Wildman–Crippen LogP) is 16.4. The second-order valence-electron chi connectivity index (χ2n) is 26.9. The van der Waals surface area contributed by atoms with Crippen molar-refractivity contribution in [2.45, 2.75) is 200 Å². The quantitative estimate of drug-likeness (QED) is 0.178. The molecule has 2 fully saturated rings. The Kier molecular flexibility index (Phi) is 26.5. The highest BCUT2D eigenvalue weighted by Gasteiger charge is 2.50. The van der Waals surface area contributed by atoms with Crippen LogP contribution in [-0.2, 0) is 10.8 Å². The van der Waals surface area contributed by atoms with Crippen molar-refractivity contribution in [3.05, 3.63) is 96.6 Å². The van der Waals surface area contributed by atoms with Gasteiger partial charge < -0.3 is 14.2 Å². The minimum Gasteiger partial charge on any atom is -0.407 e. The molecule has 1 saturated heterocycles. The van der Waals surface area contributed by atoms with Crippen molar-refractivity contribution in [1.29, 1.82) is 0 Å². The van der Waals surface area contributed by atoms with Gasteiger partial charge in [0.1, 0.15) is 0 Å². The molecule has 3 nitrogen and oxygen atoms in total. The van der Waals surface area contributed by atoms with E-state index < -0.39 is 8.32 Å². The lowest BCUT2D eigenvalue weighted by Crippen LogP contribution is -2.66. The average Bonchev–Trinajstić information content (AvgIpc) is 3.17. The maximum atomic E-state index is 6.88. The van der Waals surface area contributed by atoms with E-state index in [2.05, 4.69) is 240 Å². The molecule has 1 saturated carbocycles.